The second-order valence-corrected chi connectivity index (χ2v) is 6.36. The van der Waals surface area contributed by atoms with Crippen LogP contribution in [0.15, 0.2) is 121 Å². The Bertz CT molecular complexity index is 905. The van der Waals surface area contributed by atoms with E-state index in [1.807, 2.05) is 0 Å². The van der Waals surface area contributed by atoms with Gasteiger partial charge in [0.1, 0.15) is 0 Å². The van der Waals surface area contributed by atoms with Crippen molar-refractivity contribution < 1.29 is 5.48 Å². The smallest absolute Gasteiger partial charge is 0.0650 e. The van der Waals surface area contributed by atoms with Gasteiger partial charge in [-0.3, -0.25) is 10.0 Å². The lowest BCUT2D eigenvalue weighted by molar-refractivity contribution is 0.812. The van der Waals surface area contributed by atoms with Crippen molar-refractivity contribution in [2.24, 2.45) is 0 Å². The molecule has 0 aliphatic heterocycles. The van der Waals surface area contributed by atoms with E-state index in [2.05, 4.69) is 131 Å². The summed E-state index contributed by atoms with van der Waals surface area (Å²) in [6.07, 6.45) is 0. The molecule has 28 heavy (non-hydrogen) atoms. The highest BCUT2D eigenvalue weighted by atomic mass is 16.0. The quantitative estimate of drug-likeness (QED) is 0.414. The molecule has 0 unspecified atom stereocenters. The molecule has 4 aromatic carbocycles. The van der Waals surface area contributed by atoms with E-state index in [9.17, 15) is 0 Å². The predicted octanol–water partition coefficient (Wildman–Crippen LogP) is 5.62. The maximum absolute atomic E-state index is 2.32. The first-order valence-corrected chi connectivity index (χ1v) is 9.18. The van der Waals surface area contributed by atoms with Gasteiger partial charge in [-0.25, -0.2) is 0 Å². The van der Waals surface area contributed by atoms with Gasteiger partial charge in [-0.1, -0.05) is 84.9 Å². The average Bonchev–Trinajstić information content (AvgIpc) is 2.76. The van der Waals surface area contributed by atoms with Crippen LogP contribution in [0.5, 0.6) is 0 Å². The van der Waals surface area contributed by atoms with Crippen molar-refractivity contribution in [1.82, 2.24) is 0 Å². The van der Waals surface area contributed by atoms with Crippen molar-refractivity contribution in [3.8, 4) is 0 Å². The zero-order valence-electron chi connectivity index (χ0n) is 15.6. The zero-order chi connectivity index (χ0) is 18.3. The molecule has 0 bridgehead atoms. The van der Waals surface area contributed by atoms with Gasteiger partial charge in [0.15, 0.2) is 0 Å². The largest absolute Gasteiger partial charge is 0.412 e. The van der Waals surface area contributed by atoms with E-state index in [0.29, 0.717) is 0 Å². The van der Waals surface area contributed by atoms with E-state index in [-0.39, 0.29) is 5.48 Å². The van der Waals surface area contributed by atoms with Crippen molar-refractivity contribution in [2.45, 2.75) is 6.54 Å². The first kappa shape index (κ1) is 19.2. The normalized spacial score (nSPS) is 10.0. The SMILES string of the molecule is O.c1ccc(CN(c2ccccc2)N(c2ccccc2)c2ccccc2)cc1. The molecule has 0 amide bonds. The Kier molecular flexibility index (Phi) is 6.45. The lowest BCUT2D eigenvalue weighted by atomic mass is 10.2. The summed E-state index contributed by atoms with van der Waals surface area (Å²) in [6, 6.07) is 42.1. The molecule has 0 fully saturated rings. The third-order valence-electron chi connectivity index (χ3n) is 4.47. The van der Waals surface area contributed by atoms with Crippen molar-refractivity contribution >= 4 is 17.1 Å². The topological polar surface area (TPSA) is 38.0 Å². The Morgan fingerprint density at radius 2 is 0.786 bits per heavy atom. The first-order valence-electron chi connectivity index (χ1n) is 9.18. The summed E-state index contributed by atoms with van der Waals surface area (Å²) in [4.78, 5) is 0. The molecule has 3 heteroatoms. The molecule has 0 radical (unpaired) electrons. The van der Waals surface area contributed by atoms with Gasteiger partial charge in [0.2, 0.25) is 0 Å². The average molecular weight is 368 g/mol. The minimum atomic E-state index is 0. The summed E-state index contributed by atoms with van der Waals surface area (Å²) in [6.45, 7) is 0.772. The summed E-state index contributed by atoms with van der Waals surface area (Å²) >= 11 is 0. The van der Waals surface area contributed by atoms with Gasteiger partial charge in [0.25, 0.3) is 0 Å². The van der Waals surface area contributed by atoms with Crippen LogP contribution < -0.4 is 10.0 Å². The highest BCUT2D eigenvalue weighted by Gasteiger charge is 2.19. The monoisotopic (exact) mass is 368 g/mol. The van der Waals surface area contributed by atoms with Crippen LogP contribution in [0.2, 0.25) is 0 Å². The fraction of sp³-hybridized carbons (Fsp3) is 0.0400. The number of benzene rings is 4. The van der Waals surface area contributed by atoms with Crippen molar-refractivity contribution in [1.29, 1.82) is 0 Å². The number of nitrogens with zero attached hydrogens (tertiary/aromatic N) is 2. The van der Waals surface area contributed by atoms with Crippen molar-refractivity contribution in [3.05, 3.63) is 127 Å². The molecular formula is C25H24N2O. The second kappa shape index (κ2) is 9.40. The Morgan fingerprint density at radius 3 is 1.21 bits per heavy atom. The van der Waals surface area contributed by atoms with Gasteiger partial charge in [-0.15, -0.1) is 0 Å². The molecule has 3 nitrogen and oxygen atoms in total. The maximum atomic E-state index is 2.32. The van der Waals surface area contributed by atoms with E-state index in [0.717, 1.165) is 23.6 Å². The molecule has 0 aliphatic carbocycles. The Hall–Kier alpha value is -3.56. The zero-order valence-corrected chi connectivity index (χ0v) is 15.6. The number of anilines is 3. The van der Waals surface area contributed by atoms with Gasteiger partial charge in [-0.05, 0) is 42.0 Å². The van der Waals surface area contributed by atoms with Crippen LogP contribution in [0, 0.1) is 0 Å². The number of rotatable bonds is 6. The predicted molar refractivity (Wildman–Crippen MR) is 118 cm³/mol. The standard InChI is InChI=1S/C25H22N2.H2O/c1-5-13-22(14-6-1)21-26(23-15-7-2-8-16-23)27(24-17-9-3-10-18-24)25-19-11-4-12-20-25;/h1-20H,21H2;1H2. The van der Waals surface area contributed by atoms with E-state index in [1.54, 1.807) is 0 Å². The lowest BCUT2D eigenvalue weighted by Crippen LogP contribution is -2.39. The summed E-state index contributed by atoms with van der Waals surface area (Å²) in [5.41, 5.74) is 4.67. The Labute approximate surface area is 166 Å². The summed E-state index contributed by atoms with van der Waals surface area (Å²) in [7, 11) is 0. The Morgan fingerprint density at radius 1 is 0.429 bits per heavy atom. The van der Waals surface area contributed by atoms with Gasteiger partial charge in [0, 0.05) is 0 Å². The number of hydrogen-bond donors (Lipinski definition) is 0. The molecule has 4 rings (SSSR count). The summed E-state index contributed by atoms with van der Waals surface area (Å²) in [5, 5.41) is 4.60. The van der Waals surface area contributed by atoms with Crippen LogP contribution in [0.1, 0.15) is 5.56 Å². The van der Waals surface area contributed by atoms with Gasteiger partial charge < -0.3 is 5.48 Å². The second-order valence-electron chi connectivity index (χ2n) is 6.36. The van der Waals surface area contributed by atoms with E-state index in [1.165, 1.54) is 5.56 Å². The molecule has 0 saturated heterocycles. The van der Waals surface area contributed by atoms with Gasteiger partial charge >= 0.3 is 0 Å². The molecule has 0 atom stereocenters. The van der Waals surface area contributed by atoms with Crippen molar-refractivity contribution in [3.63, 3.8) is 0 Å². The summed E-state index contributed by atoms with van der Waals surface area (Å²) in [5.74, 6) is 0. The highest BCUT2D eigenvalue weighted by Crippen LogP contribution is 2.31. The van der Waals surface area contributed by atoms with Crippen LogP contribution in [0.25, 0.3) is 0 Å². The molecule has 140 valence electrons. The fourth-order valence-corrected chi connectivity index (χ4v) is 3.20. The third-order valence-corrected chi connectivity index (χ3v) is 4.47. The van der Waals surface area contributed by atoms with Crippen LogP contribution in [0.3, 0.4) is 0 Å². The fourth-order valence-electron chi connectivity index (χ4n) is 3.20. The first-order chi connectivity index (χ1) is 13.4. The molecule has 0 heterocycles. The third kappa shape index (κ3) is 4.40. The molecule has 0 saturated carbocycles. The number of hydrogen-bond acceptors (Lipinski definition) is 2. The van der Waals surface area contributed by atoms with Crippen LogP contribution in [-0.2, 0) is 6.54 Å². The molecule has 0 aromatic heterocycles. The molecule has 4 aromatic rings. The van der Waals surface area contributed by atoms with Gasteiger partial charge in [0.05, 0.1) is 23.6 Å². The van der Waals surface area contributed by atoms with E-state index in [4.69, 9.17) is 0 Å². The summed E-state index contributed by atoms with van der Waals surface area (Å²) < 4.78 is 0. The molecular weight excluding hydrogens is 344 g/mol. The minimum Gasteiger partial charge on any atom is -0.412 e. The minimum absolute atomic E-state index is 0. The number of hydrazine groups is 1. The molecule has 0 spiro atoms. The van der Waals surface area contributed by atoms with E-state index >= 15 is 0 Å². The molecule has 0 aliphatic rings. The van der Waals surface area contributed by atoms with Gasteiger partial charge in [-0.2, -0.15) is 0 Å². The molecule has 2 N–H and O–H groups in total. The van der Waals surface area contributed by atoms with Crippen LogP contribution in [0.4, 0.5) is 17.1 Å². The maximum Gasteiger partial charge on any atom is 0.0650 e. The van der Waals surface area contributed by atoms with Crippen molar-refractivity contribution in [2.75, 3.05) is 10.0 Å². The van der Waals surface area contributed by atoms with Crippen LogP contribution in [-0.4, -0.2) is 5.48 Å². The van der Waals surface area contributed by atoms with Crippen LogP contribution >= 0.6 is 0 Å². The number of para-hydroxylation sites is 3. The Balaban J connectivity index is 0.00000225. The lowest BCUT2D eigenvalue weighted by Gasteiger charge is -2.38. The highest BCUT2D eigenvalue weighted by molar-refractivity contribution is 5.69. The van der Waals surface area contributed by atoms with E-state index < -0.39 is 0 Å².